The summed E-state index contributed by atoms with van der Waals surface area (Å²) in [6.07, 6.45) is 0. The number of rotatable bonds is 2. The predicted octanol–water partition coefficient (Wildman–Crippen LogP) is 2.82. The summed E-state index contributed by atoms with van der Waals surface area (Å²) in [5.41, 5.74) is 8.16. The van der Waals surface area contributed by atoms with E-state index in [9.17, 15) is 4.79 Å². The molecular weight excluding hydrogens is 206 g/mol. The van der Waals surface area contributed by atoms with Crippen molar-refractivity contribution in [2.24, 2.45) is 5.73 Å². The van der Waals surface area contributed by atoms with Gasteiger partial charge in [0.1, 0.15) is 0 Å². The van der Waals surface area contributed by atoms with Gasteiger partial charge in [-0.2, -0.15) is 0 Å². The van der Waals surface area contributed by atoms with Crippen LogP contribution in [0.1, 0.15) is 15.9 Å². The van der Waals surface area contributed by atoms with E-state index in [0.29, 0.717) is 5.56 Å². The van der Waals surface area contributed by atoms with Gasteiger partial charge in [0.25, 0.3) is 0 Å². The van der Waals surface area contributed by atoms with Crippen LogP contribution in [0, 0.1) is 6.92 Å². The average Bonchev–Trinajstić information content (AvgIpc) is 2.67. The second kappa shape index (κ2) is 3.87. The van der Waals surface area contributed by atoms with Gasteiger partial charge in [-0.3, -0.25) is 4.79 Å². The first-order valence-electron chi connectivity index (χ1n) is 4.63. The smallest absolute Gasteiger partial charge is 0.250 e. The molecule has 2 N–H and O–H groups in total. The molecule has 0 spiro atoms. The second-order valence-electron chi connectivity index (χ2n) is 3.34. The topological polar surface area (TPSA) is 43.1 Å². The summed E-state index contributed by atoms with van der Waals surface area (Å²) in [4.78, 5) is 12.2. The van der Waals surface area contributed by atoms with Gasteiger partial charge in [0.05, 0.1) is 5.56 Å². The zero-order chi connectivity index (χ0) is 10.8. The number of amides is 1. The Labute approximate surface area is 92.4 Å². The van der Waals surface area contributed by atoms with Crippen molar-refractivity contribution in [2.75, 3.05) is 0 Å². The van der Waals surface area contributed by atoms with Gasteiger partial charge in [-0.1, -0.05) is 24.3 Å². The van der Waals surface area contributed by atoms with Crippen LogP contribution in [0.2, 0.25) is 0 Å². The summed E-state index contributed by atoms with van der Waals surface area (Å²) in [6, 6.07) is 9.76. The summed E-state index contributed by atoms with van der Waals surface area (Å²) in [7, 11) is 0. The van der Waals surface area contributed by atoms with Crippen molar-refractivity contribution >= 4 is 17.2 Å². The van der Waals surface area contributed by atoms with Crippen LogP contribution in [0.25, 0.3) is 10.4 Å². The minimum absolute atomic E-state index is 0.366. The van der Waals surface area contributed by atoms with Gasteiger partial charge in [0.15, 0.2) is 0 Å². The van der Waals surface area contributed by atoms with Gasteiger partial charge in [0.2, 0.25) is 5.91 Å². The Bertz CT molecular complexity index is 502. The third-order valence-electron chi connectivity index (χ3n) is 2.32. The van der Waals surface area contributed by atoms with E-state index < -0.39 is 0 Å². The molecular formula is C12H11NOS. The lowest BCUT2D eigenvalue weighted by Gasteiger charge is -2.04. The van der Waals surface area contributed by atoms with Crippen LogP contribution in [0.5, 0.6) is 0 Å². The fourth-order valence-electron chi connectivity index (χ4n) is 1.54. The molecule has 2 rings (SSSR count). The van der Waals surface area contributed by atoms with Crippen molar-refractivity contribution in [2.45, 2.75) is 6.92 Å². The molecule has 2 aromatic rings. The van der Waals surface area contributed by atoms with Gasteiger partial charge in [-0.05, 0) is 29.5 Å². The first kappa shape index (κ1) is 9.93. The molecule has 1 aromatic carbocycles. The van der Waals surface area contributed by atoms with Crippen LogP contribution in [0.4, 0.5) is 0 Å². The first-order chi connectivity index (χ1) is 7.20. The van der Waals surface area contributed by atoms with Crippen LogP contribution in [-0.4, -0.2) is 5.91 Å². The van der Waals surface area contributed by atoms with Crippen LogP contribution >= 0.6 is 11.3 Å². The van der Waals surface area contributed by atoms with Gasteiger partial charge >= 0.3 is 0 Å². The number of carbonyl (C=O) groups excluding carboxylic acids is 1. The molecule has 0 saturated carbocycles. The molecule has 0 unspecified atom stereocenters. The third kappa shape index (κ3) is 1.78. The van der Waals surface area contributed by atoms with Gasteiger partial charge in [-0.25, -0.2) is 0 Å². The second-order valence-corrected chi connectivity index (χ2v) is 4.26. The lowest BCUT2D eigenvalue weighted by atomic mass is 10.0. The highest BCUT2D eigenvalue weighted by Gasteiger charge is 2.12. The minimum Gasteiger partial charge on any atom is -0.366 e. The molecule has 3 heteroatoms. The molecule has 0 radical (unpaired) electrons. The monoisotopic (exact) mass is 217 g/mol. The Morgan fingerprint density at radius 3 is 2.67 bits per heavy atom. The molecule has 1 amide bonds. The molecule has 15 heavy (non-hydrogen) atoms. The maximum Gasteiger partial charge on any atom is 0.250 e. The van der Waals surface area contributed by atoms with Gasteiger partial charge < -0.3 is 5.73 Å². The molecule has 0 bridgehead atoms. The number of nitrogens with two attached hydrogens (primary N) is 1. The SMILES string of the molecule is Cc1ccccc1-c1sccc1C(N)=O. The largest absolute Gasteiger partial charge is 0.366 e. The van der Waals surface area contributed by atoms with Crippen molar-refractivity contribution in [3.05, 3.63) is 46.8 Å². The third-order valence-corrected chi connectivity index (χ3v) is 3.27. The van der Waals surface area contributed by atoms with Gasteiger partial charge in [-0.15, -0.1) is 11.3 Å². The predicted molar refractivity (Wildman–Crippen MR) is 63.0 cm³/mol. The van der Waals surface area contributed by atoms with E-state index in [4.69, 9.17) is 5.73 Å². The highest BCUT2D eigenvalue weighted by Crippen LogP contribution is 2.31. The zero-order valence-corrected chi connectivity index (χ0v) is 9.17. The van der Waals surface area contributed by atoms with Crippen molar-refractivity contribution in [3.8, 4) is 10.4 Å². The number of thiophene rings is 1. The molecule has 0 atom stereocenters. The summed E-state index contributed by atoms with van der Waals surface area (Å²) < 4.78 is 0. The standard InChI is InChI=1S/C12H11NOS/c1-8-4-2-3-5-9(8)11-10(12(13)14)6-7-15-11/h2-7H,1H3,(H2,13,14). The number of benzene rings is 1. The Kier molecular flexibility index (Phi) is 2.56. The number of hydrogen-bond donors (Lipinski definition) is 1. The van der Waals surface area contributed by atoms with Crippen molar-refractivity contribution in [3.63, 3.8) is 0 Å². The van der Waals surface area contributed by atoms with Crippen molar-refractivity contribution in [1.29, 1.82) is 0 Å². The molecule has 0 saturated heterocycles. The van der Waals surface area contributed by atoms with Crippen LogP contribution < -0.4 is 5.73 Å². The number of aryl methyl sites for hydroxylation is 1. The van der Waals surface area contributed by atoms with E-state index >= 15 is 0 Å². The average molecular weight is 217 g/mol. The molecule has 0 aliphatic rings. The highest BCUT2D eigenvalue weighted by atomic mass is 32.1. The van der Waals surface area contributed by atoms with E-state index in [1.807, 2.05) is 36.6 Å². The normalized spacial score (nSPS) is 10.2. The molecule has 2 nitrogen and oxygen atoms in total. The van der Waals surface area contributed by atoms with E-state index in [2.05, 4.69) is 0 Å². The number of primary amides is 1. The molecule has 1 aromatic heterocycles. The molecule has 76 valence electrons. The first-order valence-corrected chi connectivity index (χ1v) is 5.51. The van der Waals surface area contributed by atoms with Crippen LogP contribution in [0.3, 0.4) is 0 Å². The Morgan fingerprint density at radius 1 is 1.27 bits per heavy atom. The maximum absolute atomic E-state index is 11.2. The summed E-state index contributed by atoms with van der Waals surface area (Å²) in [5, 5.41) is 1.89. The van der Waals surface area contributed by atoms with Gasteiger partial charge in [0, 0.05) is 4.88 Å². The molecule has 0 fully saturated rings. The van der Waals surface area contributed by atoms with E-state index in [1.165, 1.54) is 0 Å². The molecule has 0 aliphatic heterocycles. The minimum atomic E-state index is -0.366. The van der Waals surface area contributed by atoms with Crippen LogP contribution in [-0.2, 0) is 0 Å². The van der Waals surface area contributed by atoms with E-state index in [1.54, 1.807) is 17.4 Å². The van der Waals surface area contributed by atoms with Crippen molar-refractivity contribution < 1.29 is 4.79 Å². The summed E-state index contributed by atoms with van der Waals surface area (Å²) >= 11 is 1.54. The number of hydrogen-bond acceptors (Lipinski definition) is 2. The van der Waals surface area contributed by atoms with E-state index in [0.717, 1.165) is 16.0 Å². The molecule has 1 heterocycles. The Balaban J connectivity index is 2.59. The lowest BCUT2D eigenvalue weighted by molar-refractivity contribution is 0.100. The van der Waals surface area contributed by atoms with Crippen molar-refractivity contribution in [1.82, 2.24) is 0 Å². The van der Waals surface area contributed by atoms with Crippen LogP contribution in [0.15, 0.2) is 35.7 Å². The fraction of sp³-hybridized carbons (Fsp3) is 0.0833. The maximum atomic E-state index is 11.2. The Morgan fingerprint density at radius 2 is 2.00 bits per heavy atom. The van der Waals surface area contributed by atoms with E-state index in [-0.39, 0.29) is 5.91 Å². The summed E-state index contributed by atoms with van der Waals surface area (Å²) in [5.74, 6) is -0.366. The Hall–Kier alpha value is -1.61. The molecule has 0 aliphatic carbocycles. The lowest BCUT2D eigenvalue weighted by Crippen LogP contribution is -2.10. The zero-order valence-electron chi connectivity index (χ0n) is 8.36. The number of carbonyl (C=O) groups is 1. The summed E-state index contributed by atoms with van der Waals surface area (Å²) in [6.45, 7) is 2.03. The fourth-order valence-corrected chi connectivity index (χ4v) is 2.53. The highest BCUT2D eigenvalue weighted by molar-refractivity contribution is 7.14. The quantitative estimate of drug-likeness (QED) is 0.825.